The Balaban J connectivity index is 2.21. The molecule has 1 unspecified atom stereocenters. The highest BCUT2D eigenvalue weighted by molar-refractivity contribution is 9.10. The predicted molar refractivity (Wildman–Crippen MR) is 69.6 cm³/mol. The van der Waals surface area contributed by atoms with Gasteiger partial charge in [-0.15, -0.1) is 0 Å². The van der Waals surface area contributed by atoms with Crippen molar-refractivity contribution >= 4 is 15.9 Å². The molecule has 0 bridgehead atoms. The molecule has 2 rings (SSSR count). The number of aryl methyl sites for hydroxylation is 2. The second kappa shape index (κ2) is 5.06. The van der Waals surface area contributed by atoms with E-state index in [1.165, 1.54) is 0 Å². The fourth-order valence-corrected chi connectivity index (χ4v) is 2.63. The molecule has 5 heteroatoms. The summed E-state index contributed by atoms with van der Waals surface area (Å²) in [6.07, 6.45) is 4.99. The quantitative estimate of drug-likeness (QED) is 0.944. The van der Waals surface area contributed by atoms with E-state index in [-0.39, 0.29) is 6.04 Å². The van der Waals surface area contributed by atoms with Crippen LogP contribution in [0.5, 0.6) is 0 Å². The molecule has 0 saturated heterocycles. The molecular weight excluding hydrogens is 282 g/mol. The van der Waals surface area contributed by atoms with Crippen LogP contribution in [0.4, 0.5) is 0 Å². The van der Waals surface area contributed by atoms with Gasteiger partial charge in [0.25, 0.3) is 0 Å². The highest BCUT2D eigenvalue weighted by Gasteiger charge is 2.16. The van der Waals surface area contributed by atoms with Gasteiger partial charge in [-0.2, -0.15) is 5.10 Å². The fourth-order valence-electron chi connectivity index (χ4n) is 1.85. The van der Waals surface area contributed by atoms with Crippen molar-refractivity contribution in [1.82, 2.24) is 9.78 Å². The van der Waals surface area contributed by atoms with Crippen molar-refractivity contribution in [2.24, 2.45) is 12.8 Å². The average Bonchev–Trinajstić information content (AvgIpc) is 2.92. The molecule has 0 aliphatic heterocycles. The van der Waals surface area contributed by atoms with E-state index in [4.69, 9.17) is 10.2 Å². The summed E-state index contributed by atoms with van der Waals surface area (Å²) in [5, 5.41) is 4.45. The zero-order valence-electron chi connectivity index (χ0n) is 9.98. The Morgan fingerprint density at radius 1 is 1.59 bits per heavy atom. The van der Waals surface area contributed by atoms with Gasteiger partial charge in [-0.25, -0.2) is 0 Å². The van der Waals surface area contributed by atoms with Crippen molar-refractivity contribution in [2.45, 2.75) is 25.8 Å². The number of hydrogen-bond donors (Lipinski definition) is 1. The number of nitrogens with zero attached hydrogens (tertiary/aromatic N) is 2. The Morgan fingerprint density at radius 2 is 2.35 bits per heavy atom. The minimum atomic E-state index is -0.0647. The minimum Gasteiger partial charge on any atom is -0.472 e. The van der Waals surface area contributed by atoms with Gasteiger partial charge in [0.1, 0.15) is 0 Å². The molecule has 17 heavy (non-hydrogen) atoms. The molecule has 1 atom stereocenters. The van der Waals surface area contributed by atoms with Gasteiger partial charge >= 0.3 is 0 Å². The third-order valence-electron chi connectivity index (χ3n) is 2.89. The number of nitrogens with two attached hydrogens (primary N) is 1. The number of rotatable bonds is 4. The maximum Gasteiger partial charge on any atom is 0.0950 e. The van der Waals surface area contributed by atoms with Crippen LogP contribution in [0.3, 0.4) is 0 Å². The van der Waals surface area contributed by atoms with Crippen LogP contribution in [0.2, 0.25) is 0 Å². The summed E-state index contributed by atoms with van der Waals surface area (Å²) in [7, 11) is 1.95. The normalized spacial score (nSPS) is 12.9. The molecule has 92 valence electrons. The van der Waals surface area contributed by atoms with Crippen LogP contribution in [0.1, 0.15) is 29.9 Å². The zero-order chi connectivity index (χ0) is 12.4. The Kier molecular flexibility index (Phi) is 3.69. The predicted octanol–water partition coefficient (Wildman–Crippen LogP) is 2.58. The van der Waals surface area contributed by atoms with E-state index in [0.717, 1.165) is 34.3 Å². The molecule has 0 saturated carbocycles. The maximum atomic E-state index is 6.14. The summed E-state index contributed by atoms with van der Waals surface area (Å²) in [5.74, 6) is 0. The van der Waals surface area contributed by atoms with E-state index in [0.29, 0.717) is 0 Å². The zero-order valence-corrected chi connectivity index (χ0v) is 11.6. The molecule has 0 aliphatic carbocycles. The first-order valence-electron chi connectivity index (χ1n) is 5.61. The van der Waals surface area contributed by atoms with Crippen molar-refractivity contribution in [1.29, 1.82) is 0 Å². The lowest BCUT2D eigenvalue weighted by Crippen LogP contribution is -2.15. The van der Waals surface area contributed by atoms with Crippen LogP contribution in [-0.2, 0) is 19.9 Å². The van der Waals surface area contributed by atoms with Crippen LogP contribution in [0.25, 0.3) is 0 Å². The standard InChI is InChI=1S/C12H16BrN3O/c1-3-10-12(13)11(16(2)15-10)6-9(14)8-4-5-17-7-8/h4-5,7,9H,3,6,14H2,1-2H3. The van der Waals surface area contributed by atoms with E-state index < -0.39 is 0 Å². The van der Waals surface area contributed by atoms with Gasteiger partial charge in [-0.1, -0.05) is 6.92 Å². The third-order valence-corrected chi connectivity index (χ3v) is 3.80. The van der Waals surface area contributed by atoms with E-state index in [9.17, 15) is 0 Å². The lowest BCUT2D eigenvalue weighted by Gasteiger charge is -2.10. The number of hydrogen-bond acceptors (Lipinski definition) is 3. The molecule has 0 radical (unpaired) electrons. The van der Waals surface area contributed by atoms with Crippen LogP contribution in [0.15, 0.2) is 27.5 Å². The average molecular weight is 298 g/mol. The molecule has 2 aromatic rings. The highest BCUT2D eigenvalue weighted by atomic mass is 79.9. The largest absolute Gasteiger partial charge is 0.472 e. The van der Waals surface area contributed by atoms with Gasteiger partial charge in [0, 0.05) is 25.1 Å². The molecule has 0 aromatic carbocycles. The van der Waals surface area contributed by atoms with Gasteiger partial charge in [0.05, 0.1) is 28.4 Å². The molecular formula is C12H16BrN3O. The second-order valence-corrected chi connectivity index (χ2v) is 4.84. The van der Waals surface area contributed by atoms with Crippen molar-refractivity contribution in [3.05, 3.63) is 40.0 Å². The number of furan rings is 1. The van der Waals surface area contributed by atoms with E-state index in [2.05, 4.69) is 28.0 Å². The van der Waals surface area contributed by atoms with Crippen molar-refractivity contribution in [3.8, 4) is 0 Å². The summed E-state index contributed by atoms with van der Waals surface area (Å²) in [4.78, 5) is 0. The van der Waals surface area contributed by atoms with Crippen molar-refractivity contribution in [2.75, 3.05) is 0 Å². The second-order valence-electron chi connectivity index (χ2n) is 4.05. The Hall–Kier alpha value is -1.07. The van der Waals surface area contributed by atoms with Crippen LogP contribution < -0.4 is 5.73 Å². The minimum absolute atomic E-state index is 0.0647. The first-order valence-corrected chi connectivity index (χ1v) is 6.40. The van der Waals surface area contributed by atoms with Gasteiger partial charge in [0.2, 0.25) is 0 Å². The summed E-state index contributed by atoms with van der Waals surface area (Å²) >= 11 is 3.59. The monoisotopic (exact) mass is 297 g/mol. The molecule has 4 nitrogen and oxygen atoms in total. The SMILES string of the molecule is CCc1nn(C)c(CC(N)c2ccoc2)c1Br. The Morgan fingerprint density at radius 3 is 2.88 bits per heavy atom. The van der Waals surface area contributed by atoms with E-state index in [1.807, 2.05) is 17.8 Å². The van der Waals surface area contributed by atoms with Gasteiger partial charge in [-0.05, 0) is 28.4 Å². The smallest absolute Gasteiger partial charge is 0.0950 e. The molecule has 2 aromatic heterocycles. The fraction of sp³-hybridized carbons (Fsp3) is 0.417. The van der Waals surface area contributed by atoms with E-state index >= 15 is 0 Å². The third kappa shape index (κ3) is 2.45. The van der Waals surface area contributed by atoms with Crippen LogP contribution >= 0.6 is 15.9 Å². The molecule has 0 spiro atoms. The Labute approximate surface area is 109 Å². The van der Waals surface area contributed by atoms with Gasteiger partial charge in [0.15, 0.2) is 0 Å². The van der Waals surface area contributed by atoms with Crippen LogP contribution in [0, 0.1) is 0 Å². The molecule has 0 fully saturated rings. The maximum absolute atomic E-state index is 6.14. The lowest BCUT2D eigenvalue weighted by atomic mass is 10.1. The summed E-state index contributed by atoms with van der Waals surface area (Å²) in [6, 6.07) is 1.83. The summed E-state index contributed by atoms with van der Waals surface area (Å²) in [6.45, 7) is 2.09. The Bertz CT molecular complexity index is 490. The van der Waals surface area contributed by atoms with Gasteiger partial charge < -0.3 is 10.2 Å². The molecule has 2 heterocycles. The van der Waals surface area contributed by atoms with Gasteiger partial charge in [-0.3, -0.25) is 4.68 Å². The van der Waals surface area contributed by atoms with Crippen molar-refractivity contribution in [3.63, 3.8) is 0 Å². The lowest BCUT2D eigenvalue weighted by molar-refractivity contribution is 0.555. The van der Waals surface area contributed by atoms with Crippen molar-refractivity contribution < 1.29 is 4.42 Å². The first kappa shape index (κ1) is 12.4. The molecule has 0 aliphatic rings. The highest BCUT2D eigenvalue weighted by Crippen LogP contribution is 2.25. The molecule has 0 amide bonds. The van der Waals surface area contributed by atoms with E-state index in [1.54, 1.807) is 12.5 Å². The van der Waals surface area contributed by atoms with Crippen LogP contribution in [-0.4, -0.2) is 9.78 Å². The topological polar surface area (TPSA) is 57.0 Å². The summed E-state index contributed by atoms with van der Waals surface area (Å²) < 4.78 is 8.01. The first-order chi connectivity index (χ1) is 8.13. The number of halogens is 1. The summed E-state index contributed by atoms with van der Waals surface area (Å²) in [5.41, 5.74) is 9.34. The molecule has 2 N–H and O–H groups in total. The number of aromatic nitrogens is 2.